The Hall–Kier alpha value is -2.28. The molecule has 2 N–H and O–H groups in total. The van der Waals surface area contributed by atoms with Crippen molar-refractivity contribution < 1.29 is 9.47 Å². The second-order valence-corrected chi connectivity index (χ2v) is 11.0. The predicted octanol–water partition coefficient (Wildman–Crippen LogP) is 6.21. The summed E-state index contributed by atoms with van der Waals surface area (Å²) in [4.78, 5) is 5.04. The van der Waals surface area contributed by atoms with Crippen LogP contribution in [-0.4, -0.2) is 42.3 Å². The summed E-state index contributed by atoms with van der Waals surface area (Å²) in [6, 6.07) is 13.8. The zero-order chi connectivity index (χ0) is 25.3. The number of ether oxygens (including phenoxy) is 2. The van der Waals surface area contributed by atoms with Crippen molar-refractivity contribution >= 4 is 22.6 Å². The maximum atomic E-state index is 6.29. The molecule has 5 rings (SSSR count). The summed E-state index contributed by atoms with van der Waals surface area (Å²) in [5, 5.41) is 7.77. The third-order valence-electron chi connectivity index (χ3n) is 7.81. The van der Waals surface area contributed by atoms with Gasteiger partial charge in [0.1, 0.15) is 29.4 Å². The van der Waals surface area contributed by atoms with Crippen molar-refractivity contribution in [3.8, 4) is 11.5 Å². The molecule has 1 unspecified atom stereocenters. The molecule has 2 fully saturated rings. The molecule has 37 heavy (non-hydrogen) atoms. The quantitative estimate of drug-likeness (QED) is 0.276. The number of aromatic nitrogens is 2. The molecule has 0 aliphatic carbocycles. The summed E-state index contributed by atoms with van der Waals surface area (Å²) < 4.78 is 14.8. The van der Waals surface area contributed by atoms with Gasteiger partial charge in [-0.1, -0.05) is 17.7 Å². The molecule has 1 aromatic heterocycles. The van der Waals surface area contributed by atoms with Crippen LogP contribution in [0, 0.1) is 11.8 Å². The lowest BCUT2D eigenvalue weighted by molar-refractivity contribution is 0.277. The van der Waals surface area contributed by atoms with Crippen LogP contribution in [0.5, 0.6) is 11.5 Å². The molecule has 2 aliphatic heterocycles. The maximum Gasteiger partial charge on any atom is 0.148 e. The minimum absolute atomic E-state index is 0.412. The van der Waals surface area contributed by atoms with Gasteiger partial charge < -0.3 is 24.7 Å². The first-order valence-corrected chi connectivity index (χ1v) is 14.5. The fourth-order valence-electron chi connectivity index (χ4n) is 5.76. The summed E-state index contributed by atoms with van der Waals surface area (Å²) in [7, 11) is 0. The van der Waals surface area contributed by atoms with Gasteiger partial charge in [0.25, 0.3) is 0 Å². The Kier molecular flexibility index (Phi) is 9.60. The van der Waals surface area contributed by atoms with Crippen LogP contribution in [0.4, 0.5) is 0 Å². The largest absolute Gasteiger partial charge is 0.491 e. The van der Waals surface area contributed by atoms with Crippen LogP contribution in [0.15, 0.2) is 42.5 Å². The second-order valence-electron chi connectivity index (χ2n) is 10.6. The van der Waals surface area contributed by atoms with Gasteiger partial charge in [-0.3, -0.25) is 0 Å². The van der Waals surface area contributed by atoms with Crippen molar-refractivity contribution in [2.75, 3.05) is 32.8 Å². The maximum absolute atomic E-state index is 6.29. The van der Waals surface area contributed by atoms with Crippen LogP contribution >= 0.6 is 11.6 Å². The van der Waals surface area contributed by atoms with E-state index in [-0.39, 0.29) is 0 Å². The lowest BCUT2D eigenvalue weighted by atomic mass is 9.95. The molecule has 2 aromatic carbocycles. The molecule has 6 nitrogen and oxygen atoms in total. The van der Waals surface area contributed by atoms with Gasteiger partial charge in [0.15, 0.2) is 0 Å². The molecule has 0 spiro atoms. The number of piperidine rings is 2. The van der Waals surface area contributed by atoms with E-state index in [2.05, 4.69) is 33.4 Å². The van der Waals surface area contributed by atoms with Crippen molar-refractivity contribution in [2.24, 2.45) is 11.8 Å². The van der Waals surface area contributed by atoms with Gasteiger partial charge in [0.2, 0.25) is 0 Å². The molecule has 0 saturated carbocycles. The number of rotatable bonds is 12. The first-order valence-electron chi connectivity index (χ1n) is 14.2. The van der Waals surface area contributed by atoms with Gasteiger partial charge in [-0.05, 0) is 126 Å². The van der Waals surface area contributed by atoms with E-state index in [9.17, 15) is 0 Å². The molecular formula is C30H41ClN4O2. The van der Waals surface area contributed by atoms with E-state index in [0.29, 0.717) is 11.6 Å². The highest BCUT2D eigenvalue weighted by molar-refractivity contribution is 6.30. The summed E-state index contributed by atoms with van der Waals surface area (Å²) >= 11 is 6.05. The van der Waals surface area contributed by atoms with Crippen LogP contribution in [0.25, 0.3) is 11.0 Å². The van der Waals surface area contributed by atoms with Crippen LogP contribution in [-0.2, 0) is 13.2 Å². The zero-order valence-corrected chi connectivity index (χ0v) is 22.6. The van der Waals surface area contributed by atoms with Crippen LogP contribution in [0.2, 0.25) is 5.02 Å². The molecule has 0 radical (unpaired) electrons. The lowest BCUT2D eigenvalue weighted by Crippen LogP contribution is -2.29. The minimum Gasteiger partial charge on any atom is -0.491 e. The number of benzene rings is 2. The third kappa shape index (κ3) is 7.40. The zero-order valence-electron chi connectivity index (χ0n) is 21.9. The number of aryl methyl sites for hydroxylation is 1. The molecule has 7 heteroatoms. The van der Waals surface area contributed by atoms with E-state index in [1.54, 1.807) is 0 Å². The second kappa shape index (κ2) is 13.5. The van der Waals surface area contributed by atoms with E-state index in [1.807, 2.05) is 24.3 Å². The van der Waals surface area contributed by atoms with Crippen molar-refractivity contribution in [2.45, 2.75) is 64.5 Å². The number of nitrogens with zero attached hydrogens (tertiary/aromatic N) is 2. The van der Waals surface area contributed by atoms with E-state index in [4.69, 9.17) is 26.1 Å². The molecule has 3 aromatic rings. The lowest BCUT2D eigenvalue weighted by Gasteiger charge is -2.22. The average Bonchev–Trinajstić information content (AvgIpc) is 3.30. The highest BCUT2D eigenvalue weighted by Crippen LogP contribution is 2.29. The van der Waals surface area contributed by atoms with E-state index in [0.717, 1.165) is 85.8 Å². The number of hydrogen-bond donors (Lipinski definition) is 2. The third-order valence-corrected chi connectivity index (χ3v) is 8.06. The van der Waals surface area contributed by atoms with Crippen molar-refractivity contribution in [3.05, 3.63) is 53.3 Å². The highest BCUT2D eigenvalue weighted by Gasteiger charge is 2.18. The van der Waals surface area contributed by atoms with E-state index in [1.165, 1.54) is 45.1 Å². The normalized spacial score (nSPS) is 20.2. The summed E-state index contributed by atoms with van der Waals surface area (Å²) in [5.74, 6) is 4.17. The number of nitrogens with one attached hydrogen (secondary N) is 2. The summed E-state index contributed by atoms with van der Waals surface area (Å²) in [6.07, 6.45) is 9.90. The number of halogens is 1. The van der Waals surface area contributed by atoms with Gasteiger partial charge in [0.05, 0.1) is 12.1 Å². The molecule has 3 heterocycles. The monoisotopic (exact) mass is 524 g/mol. The first kappa shape index (κ1) is 26.3. The topological polar surface area (TPSA) is 60.3 Å². The van der Waals surface area contributed by atoms with E-state index < -0.39 is 0 Å². The Morgan fingerprint density at radius 3 is 2.32 bits per heavy atom. The Morgan fingerprint density at radius 1 is 0.892 bits per heavy atom. The Labute approximate surface area is 226 Å². The van der Waals surface area contributed by atoms with Crippen molar-refractivity contribution in [1.29, 1.82) is 0 Å². The fourth-order valence-corrected chi connectivity index (χ4v) is 5.88. The van der Waals surface area contributed by atoms with Gasteiger partial charge in [-0.2, -0.15) is 0 Å². The summed E-state index contributed by atoms with van der Waals surface area (Å²) in [5.41, 5.74) is 2.07. The molecule has 200 valence electrons. The molecule has 0 bridgehead atoms. The molecule has 0 amide bonds. The van der Waals surface area contributed by atoms with Gasteiger partial charge in [-0.15, -0.1) is 0 Å². The average molecular weight is 525 g/mol. The predicted molar refractivity (Wildman–Crippen MR) is 151 cm³/mol. The minimum atomic E-state index is 0.412. The van der Waals surface area contributed by atoms with Gasteiger partial charge >= 0.3 is 0 Å². The molecule has 2 atom stereocenters. The number of imidazole rings is 1. The Bertz CT molecular complexity index is 1100. The number of hydrogen-bond acceptors (Lipinski definition) is 5. The van der Waals surface area contributed by atoms with Crippen LogP contribution < -0.4 is 20.1 Å². The van der Waals surface area contributed by atoms with Gasteiger partial charge in [-0.25, -0.2) is 4.98 Å². The molecule has 2 saturated heterocycles. The van der Waals surface area contributed by atoms with E-state index >= 15 is 0 Å². The van der Waals surface area contributed by atoms with Crippen molar-refractivity contribution in [1.82, 2.24) is 20.2 Å². The smallest absolute Gasteiger partial charge is 0.148 e. The van der Waals surface area contributed by atoms with Gasteiger partial charge in [0, 0.05) is 11.6 Å². The SMILES string of the molecule is Clc1ccc(OCc2nc3c(OCCC[C@H]4CCCNC4)cccc3n2CCCC2CCCNC2)cc1. The Morgan fingerprint density at radius 2 is 1.62 bits per heavy atom. The Balaban J connectivity index is 1.27. The molecular weight excluding hydrogens is 484 g/mol. The van der Waals surface area contributed by atoms with Crippen LogP contribution in [0.1, 0.15) is 57.2 Å². The van der Waals surface area contributed by atoms with Crippen molar-refractivity contribution in [3.63, 3.8) is 0 Å². The summed E-state index contributed by atoms with van der Waals surface area (Å²) in [6.45, 7) is 6.70. The highest BCUT2D eigenvalue weighted by atomic mass is 35.5. The first-order chi connectivity index (χ1) is 18.3. The van der Waals surface area contributed by atoms with Crippen LogP contribution in [0.3, 0.4) is 0 Å². The number of para-hydroxylation sites is 1. The number of fused-ring (bicyclic) bond motifs is 1. The fraction of sp³-hybridized carbons (Fsp3) is 0.567. The molecule has 2 aliphatic rings. The standard InChI is InChI=1S/C30H41ClN4O2/c31-25-12-14-26(15-13-25)37-22-29-34-30-27(35(29)18-4-8-23-6-2-16-32-20-23)10-1-11-28(30)36-19-5-9-24-7-3-17-33-21-24/h1,10-15,23-24,32-33H,2-9,16-22H2/t23?,24-/m1/s1.